The number of nitrogens with zero attached hydrogens (tertiary/aromatic N) is 1. The Morgan fingerprint density at radius 2 is 2.23 bits per heavy atom. The van der Waals surface area contributed by atoms with Gasteiger partial charge in [0, 0.05) is 13.2 Å². The van der Waals surface area contributed by atoms with Crippen LogP contribution in [-0.2, 0) is 14.3 Å². The van der Waals surface area contributed by atoms with Gasteiger partial charge < -0.3 is 14.4 Å². The Kier molecular flexibility index (Phi) is 2.51. The highest BCUT2D eigenvalue weighted by molar-refractivity contribution is 5.81. The predicted molar refractivity (Wildman–Crippen MR) is 46.1 cm³/mol. The van der Waals surface area contributed by atoms with Crippen molar-refractivity contribution in [3.05, 3.63) is 0 Å². The van der Waals surface area contributed by atoms with E-state index in [1.807, 2.05) is 6.92 Å². The van der Waals surface area contributed by atoms with E-state index in [0.29, 0.717) is 13.2 Å². The van der Waals surface area contributed by atoms with Gasteiger partial charge in [0.25, 0.3) is 5.91 Å². The average Bonchev–Trinajstić information content (AvgIpc) is 2.72. The van der Waals surface area contributed by atoms with Crippen molar-refractivity contribution in [1.82, 2.24) is 4.90 Å². The molecule has 0 aromatic rings. The van der Waals surface area contributed by atoms with E-state index >= 15 is 0 Å². The fourth-order valence-corrected chi connectivity index (χ4v) is 1.84. The van der Waals surface area contributed by atoms with Crippen molar-refractivity contribution in [3.8, 4) is 0 Å². The minimum Gasteiger partial charge on any atom is -0.368 e. The lowest BCUT2D eigenvalue weighted by molar-refractivity contribution is -0.144. The summed E-state index contributed by atoms with van der Waals surface area (Å²) in [5, 5.41) is 0. The summed E-state index contributed by atoms with van der Waals surface area (Å²) in [6.45, 7) is 3.98. The summed E-state index contributed by atoms with van der Waals surface area (Å²) in [5.41, 5.74) is 0. The number of carbonyl (C=O) groups is 1. The SMILES string of the molecule is CC1OCCN1C(=O)C1CCCO1. The van der Waals surface area contributed by atoms with Crippen LogP contribution >= 0.6 is 0 Å². The first-order chi connectivity index (χ1) is 6.29. The molecule has 2 rings (SSSR count). The first kappa shape index (κ1) is 8.97. The predicted octanol–water partition coefficient (Wildman–Crippen LogP) is 0.370. The Hall–Kier alpha value is -0.610. The molecule has 0 saturated carbocycles. The molecule has 4 nitrogen and oxygen atoms in total. The molecule has 2 heterocycles. The van der Waals surface area contributed by atoms with E-state index in [4.69, 9.17) is 9.47 Å². The highest BCUT2D eigenvalue weighted by Crippen LogP contribution is 2.18. The maximum absolute atomic E-state index is 11.8. The first-order valence-electron chi connectivity index (χ1n) is 4.83. The van der Waals surface area contributed by atoms with Gasteiger partial charge in [0.05, 0.1) is 6.61 Å². The summed E-state index contributed by atoms with van der Waals surface area (Å²) in [5.74, 6) is 0.0995. The van der Waals surface area contributed by atoms with E-state index in [2.05, 4.69) is 0 Å². The first-order valence-corrected chi connectivity index (χ1v) is 4.83. The second kappa shape index (κ2) is 3.64. The second-order valence-corrected chi connectivity index (χ2v) is 3.50. The summed E-state index contributed by atoms with van der Waals surface area (Å²) < 4.78 is 10.6. The second-order valence-electron chi connectivity index (χ2n) is 3.50. The van der Waals surface area contributed by atoms with Crippen molar-refractivity contribution >= 4 is 5.91 Å². The minimum atomic E-state index is -0.204. The molecule has 0 spiro atoms. The van der Waals surface area contributed by atoms with Crippen molar-refractivity contribution in [1.29, 1.82) is 0 Å². The smallest absolute Gasteiger partial charge is 0.253 e. The van der Waals surface area contributed by atoms with Crippen LogP contribution in [0.5, 0.6) is 0 Å². The molecule has 0 aromatic carbocycles. The topological polar surface area (TPSA) is 38.8 Å². The van der Waals surface area contributed by atoms with Gasteiger partial charge in [0.1, 0.15) is 12.3 Å². The molecule has 2 aliphatic rings. The lowest BCUT2D eigenvalue weighted by atomic mass is 10.2. The number of ether oxygens (including phenoxy) is 2. The molecule has 0 radical (unpaired) electrons. The molecule has 4 heteroatoms. The van der Waals surface area contributed by atoms with E-state index < -0.39 is 0 Å². The van der Waals surface area contributed by atoms with Gasteiger partial charge >= 0.3 is 0 Å². The Morgan fingerprint density at radius 3 is 2.77 bits per heavy atom. The van der Waals surface area contributed by atoms with Gasteiger partial charge in [-0.15, -0.1) is 0 Å². The van der Waals surface area contributed by atoms with Gasteiger partial charge in [0.2, 0.25) is 0 Å². The van der Waals surface area contributed by atoms with Crippen LogP contribution in [0.15, 0.2) is 0 Å². The molecule has 2 atom stereocenters. The van der Waals surface area contributed by atoms with E-state index in [-0.39, 0.29) is 18.2 Å². The van der Waals surface area contributed by atoms with Crippen molar-refractivity contribution in [2.75, 3.05) is 19.8 Å². The molecule has 2 fully saturated rings. The summed E-state index contributed by atoms with van der Waals surface area (Å²) in [6.07, 6.45) is 1.59. The third-order valence-electron chi connectivity index (χ3n) is 2.62. The van der Waals surface area contributed by atoms with Gasteiger partial charge in [-0.25, -0.2) is 0 Å². The van der Waals surface area contributed by atoms with Gasteiger partial charge in [-0.1, -0.05) is 0 Å². The number of hydrogen-bond donors (Lipinski definition) is 0. The van der Waals surface area contributed by atoms with Crippen LogP contribution in [0, 0.1) is 0 Å². The van der Waals surface area contributed by atoms with E-state index in [0.717, 1.165) is 19.4 Å². The van der Waals surface area contributed by atoms with Gasteiger partial charge in [-0.2, -0.15) is 0 Å². The number of rotatable bonds is 1. The number of hydrogen-bond acceptors (Lipinski definition) is 3. The summed E-state index contributed by atoms with van der Waals surface area (Å²) >= 11 is 0. The highest BCUT2D eigenvalue weighted by atomic mass is 16.5. The third kappa shape index (κ3) is 1.69. The van der Waals surface area contributed by atoms with Crippen LogP contribution < -0.4 is 0 Å². The fraction of sp³-hybridized carbons (Fsp3) is 0.889. The van der Waals surface area contributed by atoms with Crippen LogP contribution in [-0.4, -0.2) is 42.9 Å². The van der Waals surface area contributed by atoms with Crippen molar-refractivity contribution in [2.45, 2.75) is 32.1 Å². The van der Waals surface area contributed by atoms with Gasteiger partial charge in [-0.05, 0) is 19.8 Å². The van der Waals surface area contributed by atoms with Gasteiger partial charge in [0.15, 0.2) is 0 Å². The quantitative estimate of drug-likeness (QED) is 0.592. The molecule has 0 bridgehead atoms. The van der Waals surface area contributed by atoms with E-state index in [1.165, 1.54) is 0 Å². The Balaban J connectivity index is 1.95. The molecule has 74 valence electrons. The largest absolute Gasteiger partial charge is 0.368 e. The highest BCUT2D eigenvalue weighted by Gasteiger charge is 2.33. The monoisotopic (exact) mass is 185 g/mol. The normalized spacial score (nSPS) is 34.1. The van der Waals surface area contributed by atoms with E-state index in [1.54, 1.807) is 4.90 Å². The molecule has 0 N–H and O–H groups in total. The van der Waals surface area contributed by atoms with Crippen LogP contribution in [0.25, 0.3) is 0 Å². The lowest BCUT2D eigenvalue weighted by Gasteiger charge is -2.22. The zero-order chi connectivity index (χ0) is 9.26. The van der Waals surface area contributed by atoms with E-state index in [9.17, 15) is 4.79 Å². The molecule has 13 heavy (non-hydrogen) atoms. The Bertz CT molecular complexity index is 201. The summed E-state index contributed by atoms with van der Waals surface area (Å²) in [4.78, 5) is 13.5. The molecule has 1 amide bonds. The zero-order valence-corrected chi connectivity index (χ0v) is 7.86. The Morgan fingerprint density at radius 1 is 1.38 bits per heavy atom. The van der Waals surface area contributed by atoms with Crippen molar-refractivity contribution in [2.24, 2.45) is 0 Å². The molecule has 0 aromatic heterocycles. The Labute approximate surface area is 77.8 Å². The summed E-state index contributed by atoms with van der Waals surface area (Å²) in [7, 11) is 0. The van der Waals surface area contributed by atoms with Crippen molar-refractivity contribution in [3.63, 3.8) is 0 Å². The maximum Gasteiger partial charge on any atom is 0.253 e. The average molecular weight is 185 g/mol. The molecular weight excluding hydrogens is 170 g/mol. The summed E-state index contributed by atoms with van der Waals surface area (Å²) in [6, 6.07) is 0. The molecule has 2 aliphatic heterocycles. The van der Waals surface area contributed by atoms with Crippen LogP contribution in [0.4, 0.5) is 0 Å². The van der Waals surface area contributed by atoms with Crippen LogP contribution in [0.2, 0.25) is 0 Å². The standard InChI is InChI=1S/C9H15NO3/c1-7-10(4-6-12-7)9(11)8-3-2-5-13-8/h7-8H,2-6H2,1H3. The van der Waals surface area contributed by atoms with Crippen LogP contribution in [0.1, 0.15) is 19.8 Å². The number of carbonyl (C=O) groups excluding carboxylic acids is 1. The lowest BCUT2D eigenvalue weighted by Crippen LogP contribution is -2.41. The van der Waals surface area contributed by atoms with Gasteiger partial charge in [-0.3, -0.25) is 4.79 Å². The fourth-order valence-electron chi connectivity index (χ4n) is 1.84. The minimum absolute atomic E-state index is 0.0725. The third-order valence-corrected chi connectivity index (χ3v) is 2.62. The zero-order valence-electron chi connectivity index (χ0n) is 7.86. The molecule has 2 unspecified atom stereocenters. The molecule has 0 aliphatic carbocycles. The van der Waals surface area contributed by atoms with Crippen molar-refractivity contribution < 1.29 is 14.3 Å². The molecule has 2 saturated heterocycles. The maximum atomic E-state index is 11.8. The molecular formula is C9H15NO3. The van der Waals surface area contributed by atoms with Crippen LogP contribution in [0.3, 0.4) is 0 Å². The number of amides is 1.